The third-order valence-corrected chi connectivity index (χ3v) is 3.77. The van der Waals surface area contributed by atoms with Crippen LogP contribution in [0, 0.1) is 10.1 Å². The molecule has 0 aliphatic rings. The van der Waals surface area contributed by atoms with E-state index in [4.69, 9.17) is 4.74 Å². The van der Waals surface area contributed by atoms with Gasteiger partial charge in [-0.25, -0.2) is 0 Å². The molecule has 0 aromatic heterocycles. The van der Waals surface area contributed by atoms with Crippen molar-refractivity contribution in [1.82, 2.24) is 0 Å². The van der Waals surface area contributed by atoms with Crippen LogP contribution in [0.2, 0.25) is 0 Å². The number of nitro benzene ring substituents is 1. The number of carbonyl (C=O) groups is 2. The first kappa shape index (κ1) is 18.3. The maximum atomic E-state index is 12.8. The van der Waals surface area contributed by atoms with E-state index in [1.165, 1.54) is 31.2 Å². The summed E-state index contributed by atoms with van der Waals surface area (Å²) in [6, 6.07) is 13.7. The Kier molecular flexibility index (Phi) is 5.97. The molecule has 2 N–H and O–H groups in total. The Balaban J connectivity index is 2.38. The number of hydrogen-bond donors (Lipinski definition) is 1. The lowest BCUT2D eigenvalue weighted by molar-refractivity contribution is -0.657. The average molecular weight is 343 g/mol. The number of rotatable bonds is 7. The summed E-state index contributed by atoms with van der Waals surface area (Å²) in [5.41, 5.74) is 0.953. The molecule has 0 spiro atoms. The number of nitrogens with zero attached hydrogens (tertiary/aromatic N) is 1. The van der Waals surface area contributed by atoms with E-state index in [0.717, 1.165) is 0 Å². The van der Waals surface area contributed by atoms with Crippen molar-refractivity contribution in [1.29, 1.82) is 0 Å². The highest BCUT2D eigenvalue weighted by Crippen LogP contribution is 2.24. The predicted molar refractivity (Wildman–Crippen MR) is 90.0 cm³/mol. The zero-order valence-electron chi connectivity index (χ0n) is 13.9. The summed E-state index contributed by atoms with van der Waals surface area (Å²) in [5, 5.41) is 12.5. The maximum Gasteiger partial charge on any atom is 0.303 e. The zero-order chi connectivity index (χ0) is 18.4. The van der Waals surface area contributed by atoms with E-state index in [2.05, 4.69) is 0 Å². The van der Waals surface area contributed by atoms with Crippen LogP contribution in [0.25, 0.3) is 0 Å². The minimum atomic E-state index is -0.851. The Bertz CT molecular complexity index is 759. The van der Waals surface area contributed by atoms with Gasteiger partial charge in [0.1, 0.15) is 0 Å². The van der Waals surface area contributed by atoms with Gasteiger partial charge in [-0.1, -0.05) is 30.3 Å². The molecule has 0 saturated carbocycles. The third-order valence-electron chi connectivity index (χ3n) is 3.77. The van der Waals surface area contributed by atoms with Crippen LogP contribution < -0.4 is 5.32 Å². The average Bonchev–Trinajstić information content (AvgIpc) is 2.62. The standard InChI is InChI=1S/C18H18N2O5/c1-12(21)25-18(14-8-10-15(11-9-14)20(23)24)16(19-2)17(22)13-6-4-3-5-7-13/h3-11,16,18-19H,1-2H3/p+1/t16-,18+/m1/s1. The second-order valence-electron chi connectivity index (χ2n) is 5.47. The zero-order valence-corrected chi connectivity index (χ0v) is 13.9. The molecule has 2 rings (SSSR count). The molecule has 0 amide bonds. The lowest BCUT2D eigenvalue weighted by Crippen LogP contribution is -2.89. The summed E-state index contributed by atoms with van der Waals surface area (Å²) in [5.74, 6) is -0.719. The SMILES string of the molecule is C[NH2+][C@H](C(=O)c1ccccc1)[C@@H](OC(C)=O)c1ccc([N+](=O)[O-])cc1. The first-order valence-corrected chi connectivity index (χ1v) is 7.74. The highest BCUT2D eigenvalue weighted by atomic mass is 16.6. The lowest BCUT2D eigenvalue weighted by Gasteiger charge is -2.23. The maximum absolute atomic E-state index is 12.8. The topological polar surface area (TPSA) is 103 Å². The van der Waals surface area contributed by atoms with Gasteiger partial charge in [-0.2, -0.15) is 0 Å². The van der Waals surface area contributed by atoms with E-state index < -0.39 is 23.0 Å². The summed E-state index contributed by atoms with van der Waals surface area (Å²) in [7, 11) is 1.72. The third kappa shape index (κ3) is 4.48. The normalized spacial score (nSPS) is 12.9. The molecule has 0 heterocycles. The van der Waals surface area contributed by atoms with Crippen molar-refractivity contribution in [2.45, 2.75) is 19.1 Å². The second kappa shape index (κ2) is 8.16. The highest BCUT2D eigenvalue weighted by molar-refractivity contribution is 5.99. The van der Waals surface area contributed by atoms with E-state index in [9.17, 15) is 19.7 Å². The smallest absolute Gasteiger partial charge is 0.303 e. The van der Waals surface area contributed by atoms with Crippen molar-refractivity contribution < 1.29 is 24.6 Å². The Hall–Kier alpha value is -3.06. The summed E-state index contributed by atoms with van der Waals surface area (Å²) < 4.78 is 5.37. The first-order chi connectivity index (χ1) is 11.9. The molecular formula is C18H19N2O5+. The van der Waals surface area contributed by atoms with Gasteiger partial charge < -0.3 is 10.1 Å². The number of nitrogens with two attached hydrogens (primary N) is 1. The monoisotopic (exact) mass is 343 g/mol. The van der Waals surface area contributed by atoms with Gasteiger partial charge in [0.2, 0.25) is 5.78 Å². The highest BCUT2D eigenvalue weighted by Gasteiger charge is 2.35. The van der Waals surface area contributed by atoms with E-state index in [1.807, 2.05) is 0 Å². The minimum absolute atomic E-state index is 0.0725. The van der Waals surface area contributed by atoms with E-state index in [-0.39, 0.29) is 11.5 Å². The summed E-state index contributed by atoms with van der Waals surface area (Å²) in [4.78, 5) is 34.6. The summed E-state index contributed by atoms with van der Waals surface area (Å²) in [6.07, 6.45) is -0.851. The number of nitro groups is 1. The number of Topliss-reactive ketones (excluding diaryl/α,β-unsaturated/α-hetero) is 1. The molecule has 130 valence electrons. The predicted octanol–water partition coefficient (Wildman–Crippen LogP) is 1.64. The van der Waals surface area contributed by atoms with Crippen LogP contribution >= 0.6 is 0 Å². The number of esters is 1. The van der Waals surface area contributed by atoms with E-state index >= 15 is 0 Å². The number of non-ortho nitro benzene ring substituents is 1. The van der Waals surface area contributed by atoms with Crippen molar-refractivity contribution in [2.24, 2.45) is 0 Å². The van der Waals surface area contributed by atoms with Crippen LogP contribution in [0.4, 0.5) is 5.69 Å². The van der Waals surface area contributed by atoms with Gasteiger partial charge in [0.05, 0.1) is 12.0 Å². The van der Waals surface area contributed by atoms with Crippen molar-refractivity contribution in [2.75, 3.05) is 7.05 Å². The number of ketones is 1. The van der Waals surface area contributed by atoms with Gasteiger partial charge in [-0.15, -0.1) is 0 Å². The number of likely N-dealkylation sites (N-methyl/N-ethyl adjacent to an activating group) is 1. The van der Waals surface area contributed by atoms with E-state index in [1.54, 1.807) is 42.7 Å². The van der Waals surface area contributed by atoms with Crippen molar-refractivity contribution in [3.05, 3.63) is 75.8 Å². The van der Waals surface area contributed by atoms with Gasteiger partial charge in [-0.3, -0.25) is 19.7 Å². The molecule has 0 radical (unpaired) electrons. The fraction of sp³-hybridized carbons (Fsp3) is 0.222. The first-order valence-electron chi connectivity index (χ1n) is 7.74. The molecule has 25 heavy (non-hydrogen) atoms. The molecular weight excluding hydrogens is 324 g/mol. The Labute approximate surface area is 144 Å². The molecule has 2 aromatic rings. The van der Waals surface area contributed by atoms with Crippen LogP contribution in [0.15, 0.2) is 54.6 Å². The molecule has 0 saturated heterocycles. The van der Waals surface area contributed by atoms with Gasteiger partial charge >= 0.3 is 5.97 Å². The van der Waals surface area contributed by atoms with Crippen LogP contribution in [0.5, 0.6) is 0 Å². The molecule has 7 heteroatoms. The summed E-state index contributed by atoms with van der Waals surface area (Å²) in [6.45, 7) is 1.26. The van der Waals surface area contributed by atoms with Crippen molar-refractivity contribution >= 4 is 17.4 Å². The second-order valence-corrected chi connectivity index (χ2v) is 5.47. The molecule has 0 unspecified atom stereocenters. The fourth-order valence-electron chi connectivity index (χ4n) is 2.57. The molecule has 0 aliphatic carbocycles. The number of carbonyl (C=O) groups excluding carboxylic acids is 2. The Morgan fingerprint density at radius 3 is 2.16 bits per heavy atom. The van der Waals surface area contributed by atoms with E-state index in [0.29, 0.717) is 11.1 Å². The number of hydrogen-bond acceptors (Lipinski definition) is 5. The molecule has 0 bridgehead atoms. The van der Waals surface area contributed by atoms with Crippen molar-refractivity contribution in [3.8, 4) is 0 Å². The quantitative estimate of drug-likeness (QED) is 0.356. The lowest BCUT2D eigenvalue weighted by atomic mass is 9.94. The molecule has 2 aromatic carbocycles. The molecule has 2 atom stereocenters. The van der Waals surface area contributed by atoms with Gasteiger partial charge in [-0.05, 0) is 17.7 Å². The molecule has 0 aliphatic heterocycles. The van der Waals surface area contributed by atoms with Gasteiger partial charge in [0, 0.05) is 24.6 Å². The van der Waals surface area contributed by atoms with Gasteiger partial charge in [0.25, 0.3) is 5.69 Å². The van der Waals surface area contributed by atoms with Crippen LogP contribution in [0.3, 0.4) is 0 Å². The van der Waals surface area contributed by atoms with Crippen LogP contribution in [0.1, 0.15) is 28.9 Å². The molecule has 7 nitrogen and oxygen atoms in total. The largest absolute Gasteiger partial charge is 0.451 e. The van der Waals surface area contributed by atoms with Crippen LogP contribution in [-0.2, 0) is 9.53 Å². The van der Waals surface area contributed by atoms with Crippen molar-refractivity contribution in [3.63, 3.8) is 0 Å². The number of benzene rings is 2. The van der Waals surface area contributed by atoms with Crippen LogP contribution in [-0.4, -0.2) is 29.8 Å². The molecule has 0 fully saturated rings. The fourth-order valence-corrected chi connectivity index (χ4v) is 2.57. The van der Waals surface area contributed by atoms with Gasteiger partial charge in [0.15, 0.2) is 12.1 Å². The minimum Gasteiger partial charge on any atom is -0.451 e. The Morgan fingerprint density at radius 1 is 1.08 bits per heavy atom. The number of ether oxygens (including phenoxy) is 1. The number of quaternary nitrogens is 1. The summed E-state index contributed by atoms with van der Waals surface area (Å²) >= 11 is 0. The Morgan fingerprint density at radius 2 is 1.68 bits per heavy atom.